The number of hydrogen-bond donors (Lipinski definition) is 2. The Morgan fingerprint density at radius 1 is 1.15 bits per heavy atom. The summed E-state index contributed by atoms with van der Waals surface area (Å²) in [6.45, 7) is 6.54. The molecule has 1 unspecified atom stereocenters. The normalized spacial score (nSPS) is 18.8. The predicted molar refractivity (Wildman–Crippen MR) is 139 cm³/mol. The molecule has 1 aliphatic carbocycles. The number of carboxylic acids is 2. The second kappa shape index (κ2) is 15.0. The number of hydrogen-bond acceptors (Lipinski definition) is 7. The van der Waals surface area contributed by atoms with Gasteiger partial charge in [0.05, 0.1) is 26.4 Å². The zero-order chi connectivity index (χ0) is 29.9. The third kappa shape index (κ3) is 9.81. The van der Waals surface area contributed by atoms with Gasteiger partial charge < -0.3 is 28.8 Å². The van der Waals surface area contributed by atoms with Gasteiger partial charge in [-0.2, -0.15) is 13.2 Å². The van der Waals surface area contributed by atoms with Crippen molar-refractivity contribution in [2.24, 2.45) is 5.92 Å². The highest BCUT2D eigenvalue weighted by atomic mass is 19.4. The van der Waals surface area contributed by atoms with E-state index in [1.807, 2.05) is 38.1 Å². The first-order valence-corrected chi connectivity index (χ1v) is 13.2. The first kappa shape index (κ1) is 33.1. The van der Waals surface area contributed by atoms with Gasteiger partial charge in [0.15, 0.2) is 5.60 Å². The standard InChI is InChI=1S/C26H37NO6.C2HF3O2/c1-5-13-26(3,25(28)29)32-16-18-9-7-12-21(14-18)31-17-22-23(6-2)33-24(27-22)19-10-8-11-20(15-19)30-4;3-2(4,5)1(6)7/h8,10-11,15,18,21H,5-7,9,12-14,16-17H2,1-4H3,(H,28,29);(H,6,7)/t18-,21+,26?;/m1./s1. The molecular weight excluding hydrogens is 535 g/mol. The first-order valence-electron chi connectivity index (χ1n) is 13.2. The molecule has 224 valence electrons. The summed E-state index contributed by atoms with van der Waals surface area (Å²) in [6.07, 6.45) is 0.980. The number of rotatable bonds is 12. The monoisotopic (exact) mass is 573 g/mol. The lowest BCUT2D eigenvalue weighted by Gasteiger charge is -2.32. The van der Waals surface area contributed by atoms with Gasteiger partial charge in [-0.05, 0) is 56.7 Å². The van der Waals surface area contributed by atoms with Crippen LogP contribution in [0.1, 0.15) is 70.8 Å². The Hall–Kier alpha value is -3.12. The fourth-order valence-electron chi connectivity index (χ4n) is 4.41. The lowest BCUT2D eigenvalue weighted by Crippen LogP contribution is -2.40. The summed E-state index contributed by atoms with van der Waals surface area (Å²) in [6, 6.07) is 7.67. The maximum atomic E-state index is 11.6. The van der Waals surface area contributed by atoms with Crippen LogP contribution in [0.2, 0.25) is 0 Å². The quantitative estimate of drug-likeness (QED) is 0.301. The summed E-state index contributed by atoms with van der Waals surface area (Å²) in [5.41, 5.74) is 0.587. The van der Waals surface area contributed by atoms with E-state index in [0.717, 1.165) is 61.3 Å². The van der Waals surface area contributed by atoms with Gasteiger partial charge in [0.25, 0.3) is 0 Å². The minimum atomic E-state index is -5.08. The van der Waals surface area contributed by atoms with E-state index in [4.69, 9.17) is 33.5 Å². The van der Waals surface area contributed by atoms with Crippen molar-refractivity contribution in [3.8, 4) is 17.2 Å². The van der Waals surface area contributed by atoms with E-state index in [2.05, 4.69) is 0 Å². The number of oxazole rings is 1. The van der Waals surface area contributed by atoms with Crippen LogP contribution in [0.5, 0.6) is 5.75 Å². The van der Waals surface area contributed by atoms with E-state index in [0.29, 0.717) is 31.4 Å². The Morgan fingerprint density at radius 3 is 2.42 bits per heavy atom. The van der Waals surface area contributed by atoms with Gasteiger partial charge in [-0.25, -0.2) is 14.6 Å². The van der Waals surface area contributed by atoms with Crippen LogP contribution in [0, 0.1) is 5.92 Å². The molecule has 0 aliphatic heterocycles. The van der Waals surface area contributed by atoms with E-state index in [1.54, 1.807) is 14.0 Å². The van der Waals surface area contributed by atoms with E-state index in [9.17, 15) is 23.1 Å². The number of alkyl halides is 3. The number of aromatic nitrogens is 1. The molecule has 2 N–H and O–H groups in total. The zero-order valence-electron chi connectivity index (χ0n) is 23.3. The molecule has 1 aliphatic rings. The summed E-state index contributed by atoms with van der Waals surface area (Å²) in [5, 5.41) is 16.7. The molecule has 0 radical (unpaired) electrons. The average Bonchev–Trinajstić information content (AvgIpc) is 3.34. The van der Waals surface area contributed by atoms with Crippen LogP contribution >= 0.6 is 0 Å². The van der Waals surface area contributed by atoms with E-state index in [-0.39, 0.29) is 6.10 Å². The molecule has 12 heteroatoms. The number of benzene rings is 1. The summed E-state index contributed by atoms with van der Waals surface area (Å²) < 4.78 is 55.2. The third-order valence-corrected chi connectivity index (χ3v) is 6.67. The molecule has 0 spiro atoms. The number of ether oxygens (including phenoxy) is 3. The van der Waals surface area contributed by atoms with Crippen LogP contribution in [0.15, 0.2) is 28.7 Å². The smallest absolute Gasteiger partial charge is 0.490 e. The van der Waals surface area contributed by atoms with Crippen molar-refractivity contribution in [3.05, 3.63) is 35.7 Å². The molecule has 0 bridgehead atoms. The Bertz CT molecular complexity index is 1100. The van der Waals surface area contributed by atoms with Gasteiger partial charge in [-0.15, -0.1) is 0 Å². The summed E-state index contributed by atoms with van der Waals surface area (Å²) in [4.78, 5) is 25.2. The van der Waals surface area contributed by atoms with Gasteiger partial charge in [-0.3, -0.25) is 0 Å². The van der Waals surface area contributed by atoms with Crippen molar-refractivity contribution < 1.29 is 51.6 Å². The van der Waals surface area contributed by atoms with Gasteiger partial charge in [0.2, 0.25) is 5.89 Å². The number of aliphatic carboxylic acids is 2. The van der Waals surface area contributed by atoms with Crippen molar-refractivity contribution in [3.63, 3.8) is 0 Å². The highest BCUT2D eigenvalue weighted by Gasteiger charge is 2.38. The molecular formula is C28H38F3NO8. The summed E-state index contributed by atoms with van der Waals surface area (Å²) >= 11 is 0. The lowest BCUT2D eigenvalue weighted by molar-refractivity contribution is -0.192. The topological polar surface area (TPSA) is 128 Å². The summed E-state index contributed by atoms with van der Waals surface area (Å²) in [5.74, 6) is -1.18. The third-order valence-electron chi connectivity index (χ3n) is 6.67. The molecule has 0 amide bonds. The second-order valence-corrected chi connectivity index (χ2v) is 9.84. The molecule has 2 aromatic rings. The van der Waals surface area contributed by atoms with Crippen LogP contribution in [-0.2, 0) is 32.1 Å². The SMILES string of the molecule is CCCC(C)(OC[C@@H]1CCC[C@H](OCc2nc(-c3cccc(OC)c3)oc2CC)C1)C(=O)O.O=C(O)C(F)(F)F. The van der Waals surface area contributed by atoms with Crippen molar-refractivity contribution in [2.75, 3.05) is 13.7 Å². The van der Waals surface area contributed by atoms with E-state index in [1.165, 1.54) is 0 Å². The fraction of sp³-hybridized carbons (Fsp3) is 0.607. The minimum Gasteiger partial charge on any atom is -0.497 e. The van der Waals surface area contributed by atoms with Crippen molar-refractivity contribution in [1.29, 1.82) is 0 Å². The van der Waals surface area contributed by atoms with E-state index >= 15 is 0 Å². The lowest BCUT2D eigenvalue weighted by atomic mass is 9.87. The number of halogens is 3. The van der Waals surface area contributed by atoms with Crippen molar-refractivity contribution >= 4 is 11.9 Å². The molecule has 3 rings (SSSR count). The van der Waals surface area contributed by atoms with Crippen LogP contribution in [-0.4, -0.2) is 58.7 Å². The van der Waals surface area contributed by atoms with Gasteiger partial charge in [-0.1, -0.05) is 32.8 Å². The number of carboxylic acid groups (broad SMARTS) is 2. The van der Waals surface area contributed by atoms with Crippen LogP contribution in [0.3, 0.4) is 0 Å². The van der Waals surface area contributed by atoms with Crippen LogP contribution < -0.4 is 4.74 Å². The largest absolute Gasteiger partial charge is 0.497 e. The fourth-order valence-corrected chi connectivity index (χ4v) is 4.41. The molecule has 1 saturated carbocycles. The van der Waals surface area contributed by atoms with E-state index < -0.39 is 23.7 Å². The summed E-state index contributed by atoms with van der Waals surface area (Å²) in [7, 11) is 1.64. The molecule has 1 fully saturated rings. The first-order chi connectivity index (χ1) is 18.8. The van der Waals surface area contributed by atoms with Gasteiger partial charge in [0, 0.05) is 12.0 Å². The van der Waals surface area contributed by atoms with Gasteiger partial charge >= 0.3 is 18.1 Å². The van der Waals surface area contributed by atoms with Crippen LogP contribution in [0.25, 0.3) is 11.5 Å². The highest BCUT2D eigenvalue weighted by Crippen LogP contribution is 2.31. The second-order valence-electron chi connectivity index (χ2n) is 9.84. The molecule has 1 heterocycles. The Labute approximate surface area is 231 Å². The maximum absolute atomic E-state index is 11.6. The number of aryl methyl sites for hydroxylation is 1. The number of methoxy groups -OCH3 is 1. The molecule has 3 atom stereocenters. The maximum Gasteiger partial charge on any atom is 0.490 e. The van der Waals surface area contributed by atoms with Gasteiger partial charge in [0.1, 0.15) is 17.2 Å². The highest BCUT2D eigenvalue weighted by molar-refractivity contribution is 5.76. The molecule has 9 nitrogen and oxygen atoms in total. The van der Waals surface area contributed by atoms with Crippen LogP contribution in [0.4, 0.5) is 13.2 Å². The molecule has 1 aromatic carbocycles. The zero-order valence-corrected chi connectivity index (χ0v) is 23.3. The molecule has 0 saturated heterocycles. The predicted octanol–water partition coefficient (Wildman–Crippen LogP) is 6.28. The Morgan fingerprint density at radius 2 is 1.85 bits per heavy atom. The minimum absolute atomic E-state index is 0.108. The van der Waals surface area contributed by atoms with Crippen molar-refractivity contribution in [1.82, 2.24) is 4.98 Å². The Balaban J connectivity index is 0.000000708. The molecule has 1 aromatic heterocycles. The molecule has 40 heavy (non-hydrogen) atoms. The average molecular weight is 574 g/mol. The number of carbonyl (C=O) groups is 2. The number of nitrogens with zero attached hydrogens (tertiary/aromatic N) is 1. The Kier molecular flexibility index (Phi) is 12.4. The van der Waals surface area contributed by atoms with Crippen molar-refractivity contribution in [2.45, 2.75) is 90.2 Å².